The molecule has 4 nitrogen and oxygen atoms in total. The lowest BCUT2D eigenvalue weighted by Gasteiger charge is -2.54. The van der Waals surface area contributed by atoms with Crippen molar-refractivity contribution in [1.29, 1.82) is 0 Å². The van der Waals surface area contributed by atoms with E-state index in [4.69, 9.17) is 0 Å². The zero-order chi connectivity index (χ0) is 21.9. The van der Waals surface area contributed by atoms with Gasteiger partial charge in [-0.15, -0.1) is 0 Å². The second kappa shape index (κ2) is 8.39. The summed E-state index contributed by atoms with van der Waals surface area (Å²) in [5.74, 6) is 4.11. The van der Waals surface area contributed by atoms with Crippen molar-refractivity contribution in [2.45, 2.75) is 75.2 Å². The average molecular weight is 502 g/mol. The van der Waals surface area contributed by atoms with Crippen molar-refractivity contribution in [2.24, 2.45) is 23.7 Å². The van der Waals surface area contributed by atoms with E-state index in [0.29, 0.717) is 18.5 Å². The summed E-state index contributed by atoms with van der Waals surface area (Å²) in [6.45, 7) is 2.79. The number of amides is 1. The Morgan fingerprint density at radius 1 is 1.09 bits per heavy atom. The number of fused-ring (bicyclic) bond motifs is 2. The van der Waals surface area contributed by atoms with Gasteiger partial charge in [-0.2, -0.15) is 0 Å². The molecule has 4 saturated carbocycles. The molecule has 5 heteroatoms. The van der Waals surface area contributed by atoms with E-state index in [9.17, 15) is 9.90 Å². The van der Waals surface area contributed by atoms with Crippen LogP contribution in [0.4, 0.5) is 0 Å². The lowest BCUT2D eigenvalue weighted by Crippen LogP contribution is -2.57. The van der Waals surface area contributed by atoms with Gasteiger partial charge in [0.2, 0.25) is 5.91 Å². The molecule has 1 saturated heterocycles. The fraction of sp³-hybridized carbons (Fsp3) is 0.741. The Labute approximate surface area is 200 Å². The standard InChI is InChI=1S/C27H37BrN2O2/c28-23-3-1-2-22-19(4-9-31)15-27(25(22)23)5-7-30(8-6-27)16-24(32)29-26-20-11-17-10-18(13-20)14-21(26)12-17/h1-3,17-21,26,31H,4-16H2,(H,29,32). The van der Waals surface area contributed by atoms with Crippen LogP contribution < -0.4 is 5.32 Å². The third-order valence-corrected chi connectivity index (χ3v) is 10.5. The maximum absolute atomic E-state index is 13.0. The molecule has 5 fully saturated rings. The van der Waals surface area contributed by atoms with Gasteiger partial charge in [-0.25, -0.2) is 0 Å². The van der Waals surface area contributed by atoms with Crippen molar-refractivity contribution < 1.29 is 9.90 Å². The van der Waals surface area contributed by atoms with Gasteiger partial charge in [-0.1, -0.05) is 28.1 Å². The largest absolute Gasteiger partial charge is 0.396 e. The summed E-state index contributed by atoms with van der Waals surface area (Å²) in [6.07, 6.45) is 11.1. The number of halogens is 1. The number of hydrogen-bond donors (Lipinski definition) is 2. The number of benzene rings is 1. The second-order valence-electron chi connectivity index (χ2n) is 11.7. The SMILES string of the molecule is O=C(CN1CCC2(CC1)CC(CCO)c1cccc(Br)c12)NC1C2CC3CC(C2)CC1C3. The van der Waals surface area contributed by atoms with Gasteiger partial charge in [0.1, 0.15) is 0 Å². The molecule has 1 amide bonds. The Morgan fingerprint density at radius 3 is 2.44 bits per heavy atom. The summed E-state index contributed by atoms with van der Waals surface area (Å²) in [6, 6.07) is 7.02. The van der Waals surface area contributed by atoms with Crippen LogP contribution in [0.15, 0.2) is 22.7 Å². The predicted molar refractivity (Wildman–Crippen MR) is 130 cm³/mol. The third kappa shape index (κ3) is 3.67. The van der Waals surface area contributed by atoms with Gasteiger partial charge >= 0.3 is 0 Å². The Balaban J connectivity index is 1.08. The molecule has 0 radical (unpaired) electrons. The van der Waals surface area contributed by atoms with Crippen molar-refractivity contribution in [3.8, 4) is 0 Å². The summed E-state index contributed by atoms with van der Waals surface area (Å²) in [7, 11) is 0. The van der Waals surface area contributed by atoms with Crippen LogP contribution in [0.5, 0.6) is 0 Å². The van der Waals surface area contributed by atoms with Crippen molar-refractivity contribution in [3.63, 3.8) is 0 Å². The second-order valence-corrected chi connectivity index (χ2v) is 12.6. The highest BCUT2D eigenvalue weighted by Crippen LogP contribution is 2.55. The van der Waals surface area contributed by atoms with Crippen molar-refractivity contribution in [2.75, 3.05) is 26.2 Å². The minimum Gasteiger partial charge on any atom is -0.396 e. The fourth-order valence-electron chi connectivity index (χ4n) is 8.73. The number of aliphatic hydroxyl groups is 1. The van der Waals surface area contributed by atoms with Gasteiger partial charge in [-0.05, 0) is 123 Å². The lowest BCUT2D eigenvalue weighted by atomic mass is 9.54. The minimum atomic E-state index is 0.198. The summed E-state index contributed by atoms with van der Waals surface area (Å²) >= 11 is 3.84. The third-order valence-electron chi connectivity index (χ3n) is 9.87. The molecule has 2 N–H and O–H groups in total. The lowest BCUT2D eigenvalue weighted by molar-refractivity contribution is -0.126. The van der Waals surface area contributed by atoms with Crippen LogP contribution in [0.1, 0.15) is 74.8 Å². The molecule has 6 aliphatic rings. The van der Waals surface area contributed by atoms with Gasteiger partial charge in [0.15, 0.2) is 0 Å². The highest BCUT2D eigenvalue weighted by Gasteiger charge is 2.49. The van der Waals surface area contributed by atoms with E-state index in [0.717, 1.165) is 62.4 Å². The van der Waals surface area contributed by atoms with Gasteiger partial charge in [0, 0.05) is 17.1 Å². The summed E-state index contributed by atoms with van der Waals surface area (Å²) in [5, 5.41) is 13.1. The normalized spacial score (nSPS) is 37.1. The number of piperidine rings is 1. The summed E-state index contributed by atoms with van der Waals surface area (Å²) < 4.78 is 1.23. The molecule has 1 aliphatic heterocycles. The first-order valence-electron chi connectivity index (χ1n) is 13.0. The van der Waals surface area contributed by atoms with E-state index in [1.54, 1.807) is 0 Å². The average Bonchev–Trinajstić information content (AvgIpc) is 3.07. The Morgan fingerprint density at radius 2 is 1.78 bits per heavy atom. The van der Waals surface area contributed by atoms with Crippen LogP contribution in [0.25, 0.3) is 0 Å². The molecule has 1 atom stereocenters. The number of rotatable bonds is 5. The van der Waals surface area contributed by atoms with E-state index >= 15 is 0 Å². The molecular weight excluding hydrogens is 464 g/mol. The topological polar surface area (TPSA) is 52.6 Å². The fourth-order valence-corrected chi connectivity index (χ4v) is 9.53. The van der Waals surface area contributed by atoms with E-state index in [1.807, 2.05) is 0 Å². The van der Waals surface area contributed by atoms with Gasteiger partial charge < -0.3 is 10.4 Å². The van der Waals surface area contributed by atoms with E-state index in [1.165, 1.54) is 47.7 Å². The maximum atomic E-state index is 13.0. The van der Waals surface area contributed by atoms with Crippen LogP contribution in [-0.2, 0) is 10.2 Å². The van der Waals surface area contributed by atoms with Crippen LogP contribution in [0.3, 0.4) is 0 Å². The first-order chi connectivity index (χ1) is 15.5. The Bertz CT molecular complexity index is 850. The molecule has 1 aromatic carbocycles. The molecular formula is C27H37BrN2O2. The Hall–Kier alpha value is -0.910. The molecule has 1 spiro atoms. The monoisotopic (exact) mass is 500 g/mol. The van der Waals surface area contributed by atoms with Crippen LogP contribution in [0, 0.1) is 23.7 Å². The molecule has 0 aromatic heterocycles. The molecule has 174 valence electrons. The van der Waals surface area contributed by atoms with E-state index in [-0.39, 0.29) is 17.9 Å². The molecule has 1 aromatic rings. The van der Waals surface area contributed by atoms with Crippen LogP contribution in [0.2, 0.25) is 0 Å². The van der Waals surface area contributed by atoms with Gasteiger partial charge in [0.25, 0.3) is 0 Å². The molecule has 4 bridgehead atoms. The zero-order valence-corrected chi connectivity index (χ0v) is 20.7. The van der Waals surface area contributed by atoms with E-state index in [2.05, 4.69) is 44.3 Å². The first kappa shape index (κ1) is 21.6. The number of nitrogens with one attached hydrogen (secondary N) is 1. The number of hydrogen-bond acceptors (Lipinski definition) is 3. The molecule has 1 unspecified atom stereocenters. The van der Waals surface area contributed by atoms with Crippen LogP contribution >= 0.6 is 15.9 Å². The van der Waals surface area contributed by atoms with Crippen molar-refractivity contribution >= 4 is 21.8 Å². The Kier molecular flexibility index (Phi) is 5.67. The smallest absolute Gasteiger partial charge is 0.234 e. The first-order valence-corrected chi connectivity index (χ1v) is 13.8. The molecule has 7 rings (SSSR count). The van der Waals surface area contributed by atoms with E-state index < -0.39 is 0 Å². The number of nitrogens with zero attached hydrogens (tertiary/aromatic N) is 1. The molecule has 5 aliphatic carbocycles. The molecule has 1 heterocycles. The van der Waals surface area contributed by atoms with Crippen molar-refractivity contribution in [1.82, 2.24) is 10.2 Å². The summed E-state index contributed by atoms with van der Waals surface area (Å²) in [5.41, 5.74) is 3.11. The summed E-state index contributed by atoms with van der Waals surface area (Å²) in [4.78, 5) is 15.4. The number of carbonyl (C=O) groups excluding carboxylic acids is 1. The van der Waals surface area contributed by atoms with Gasteiger partial charge in [0.05, 0.1) is 6.54 Å². The minimum absolute atomic E-state index is 0.198. The quantitative estimate of drug-likeness (QED) is 0.621. The number of carbonyl (C=O) groups is 1. The predicted octanol–water partition coefficient (Wildman–Crippen LogP) is 4.59. The van der Waals surface area contributed by atoms with Crippen molar-refractivity contribution in [3.05, 3.63) is 33.8 Å². The van der Waals surface area contributed by atoms with Crippen LogP contribution in [-0.4, -0.2) is 48.2 Å². The van der Waals surface area contributed by atoms with Gasteiger partial charge in [-0.3, -0.25) is 9.69 Å². The highest BCUT2D eigenvalue weighted by molar-refractivity contribution is 9.10. The number of likely N-dealkylation sites (tertiary alicyclic amines) is 1. The highest BCUT2D eigenvalue weighted by atomic mass is 79.9. The molecule has 32 heavy (non-hydrogen) atoms. The zero-order valence-electron chi connectivity index (χ0n) is 19.1. The maximum Gasteiger partial charge on any atom is 0.234 e. The number of aliphatic hydroxyl groups excluding tert-OH is 1.